The summed E-state index contributed by atoms with van der Waals surface area (Å²) in [6.45, 7) is 2.82. The second-order valence-corrected chi connectivity index (χ2v) is 3.87. The Balaban J connectivity index is 2.30. The van der Waals surface area contributed by atoms with Gasteiger partial charge in [0.2, 0.25) is 0 Å². The van der Waals surface area contributed by atoms with Crippen LogP contribution in [0.5, 0.6) is 0 Å². The fraction of sp³-hybridized carbons (Fsp3) is 0.538. The van der Waals surface area contributed by atoms with Crippen LogP contribution in [0.4, 0.5) is 0 Å². The molecule has 1 aromatic rings. The summed E-state index contributed by atoms with van der Waals surface area (Å²) in [5.41, 5.74) is 2.60. The molecular formula is C13H18O2. The number of methoxy groups -OCH3 is 1. The van der Waals surface area contributed by atoms with Crippen LogP contribution in [-0.2, 0) is 9.47 Å². The van der Waals surface area contributed by atoms with Crippen molar-refractivity contribution in [3.8, 4) is 0 Å². The minimum absolute atomic E-state index is 0.248. The largest absolute Gasteiger partial charge is 0.377 e. The van der Waals surface area contributed by atoms with E-state index in [4.69, 9.17) is 9.47 Å². The molecule has 0 aliphatic heterocycles. The number of hydrogen-bond acceptors (Lipinski definition) is 2. The lowest BCUT2D eigenvalue weighted by Gasteiger charge is -2.30. The van der Waals surface area contributed by atoms with Crippen molar-refractivity contribution in [3.05, 3.63) is 35.4 Å². The normalized spacial score (nSPS) is 24.9. The summed E-state index contributed by atoms with van der Waals surface area (Å²) < 4.78 is 11.2. The molecule has 1 aromatic carbocycles. The molecule has 82 valence electrons. The molecule has 0 saturated carbocycles. The van der Waals surface area contributed by atoms with Crippen LogP contribution in [-0.4, -0.2) is 13.7 Å². The van der Waals surface area contributed by atoms with Gasteiger partial charge in [-0.2, -0.15) is 0 Å². The van der Waals surface area contributed by atoms with E-state index >= 15 is 0 Å². The summed E-state index contributed by atoms with van der Waals surface area (Å²) in [6.07, 6.45) is 2.62. The van der Waals surface area contributed by atoms with Crippen molar-refractivity contribution in [1.29, 1.82) is 0 Å². The van der Waals surface area contributed by atoms with E-state index in [2.05, 4.69) is 24.3 Å². The fourth-order valence-electron chi connectivity index (χ4n) is 2.33. The molecule has 2 unspecified atom stereocenters. The molecule has 2 nitrogen and oxygen atoms in total. The molecule has 0 radical (unpaired) electrons. The van der Waals surface area contributed by atoms with Gasteiger partial charge in [0.1, 0.15) is 0 Å². The second kappa shape index (κ2) is 4.77. The van der Waals surface area contributed by atoms with Gasteiger partial charge in [-0.15, -0.1) is 0 Å². The van der Waals surface area contributed by atoms with E-state index in [0.717, 1.165) is 19.4 Å². The van der Waals surface area contributed by atoms with Gasteiger partial charge in [0.15, 0.2) is 0 Å². The molecule has 2 atom stereocenters. The molecule has 0 fully saturated rings. The molecular weight excluding hydrogens is 188 g/mol. The summed E-state index contributed by atoms with van der Waals surface area (Å²) in [6, 6.07) is 8.44. The Morgan fingerprint density at radius 1 is 1.13 bits per heavy atom. The fourth-order valence-corrected chi connectivity index (χ4v) is 2.33. The maximum atomic E-state index is 5.75. The average Bonchev–Trinajstić information content (AvgIpc) is 2.30. The molecule has 2 rings (SSSR count). The van der Waals surface area contributed by atoms with E-state index in [1.807, 2.05) is 6.92 Å². The first-order valence-corrected chi connectivity index (χ1v) is 5.60. The van der Waals surface area contributed by atoms with E-state index in [0.29, 0.717) is 0 Å². The number of rotatable bonds is 3. The molecule has 0 N–H and O–H groups in total. The maximum absolute atomic E-state index is 5.75. The zero-order valence-corrected chi connectivity index (χ0v) is 9.40. The van der Waals surface area contributed by atoms with Crippen LogP contribution in [0.2, 0.25) is 0 Å². The third kappa shape index (κ3) is 2.06. The van der Waals surface area contributed by atoms with Crippen molar-refractivity contribution in [2.24, 2.45) is 0 Å². The standard InChI is InChI=1S/C13H18O2/c1-3-15-13-9-8-12(14-2)10-6-4-5-7-11(10)13/h4-7,12-13H,3,8-9H2,1-2H3. The maximum Gasteiger partial charge on any atom is 0.0829 e. The van der Waals surface area contributed by atoms with Gasteiger partial charge in [-0.25, -0.2) is 0 Å². The van der Waals surface area contributed by atoms with Crippen LogP contribution >= 0.6 is 0 Å². The highest BCUT2D eigenvalue weighted by atomic mass is 16.5. The Hall–Kier alpha value is -0.860. The van der Waals surface area contributed by atoms with Crippen LogP contribution in [0.3, 0.4) is 0 Å². The van der Waals surface area contributed by atoms with Crippen LogP contribution in [0.15, 0.2) is 24.3 Å². The highest BCUT2D eigenvalue weighted by Gasteiger charge is 2.26. The first-order chi connectivity index (χ1) is 7.36. The Morgan fingerprint density at radius 3 is 2.33 bits per heavy atom. The van der Waals surface area contributed by atoms with Gasteiger partial charge in [-0.1, -0.05) is 24.3 Å². The van der Waals surface area contributed by atoms with Crippen molar-refractivity contribution in [2.45, 2.75) is 32.0 Å². The third-order valence-corrected chi connectivity index (χ3v) is 3.03. The molecule has 0 heterocycles. The Labute approximate surface area is 91.2 Å². The summed E-state index contributed by atoms with van der Waals surface area (Å²) in [5.74, 6) is 0. The van der Waals surface area contributed by atoms with Crippen molar-refractivity contribution in [3.63, 3.8) is 0 Å². The smallest absolute Gasteiger partial charge is 0.0829 e. The van der Waals surface area contributed by atoms with E-state index in [1.54, 1.807) is 7.11 Å². The number of ether oxygens (including phenoxy) is 2. The highest BCUT2D eigenvalue weighted by molar-refractivity contribution is 5.33. The van der Waals surface area contributed by atoms with Gasteiger partial charge in [0, 0.05) is 13.7 Å². The van der Waals surface area contributed by atoms with Gasteiger partial charge in [-0.3, -0.25) is 0 Å². The Kier molecular flexibility index (Phi) is 3.39. The van der Waals surface area contributed by atoms with Crippen molar-refractivity contribution < 1.29 is 9.47 Å². The van der Waals surface area contributed by atoms with E-state index < -0.39 is 0 Å². The van der Waals surface area contributed by atoms with Crippen LogP contribution in [0, 0.1) is 0 Å². The van der Waals surface area contributed by atoms with Crippen LogP contribution in [0.1, 0.15) is 43.1 Å². The molecule has 1 aliphatic rings. The van der Waals surface area contributed by atoms with Crippen molar-refractivity contribution >= 4 is 0 Å². The predicted molar refractivity (Wildman–Crippen MR) is 59.8 cm³/mol. The van der Waals surface area contributed by atoms with E-state index in [1.165, 1.54) is 11.1 Å². The number of benzene rings is 1. The number of hydrogen-bond donors (Lipinski definition) is 0. The molecule has 0 spiro atoms. The molecule has 0 saturated heterocycles. The molecule has 1 aliphatic carbocycles. The molecule has 0 amide bonds. The summed E-state index contributed by atoms with van der Waals surface area (Å²) in [7, 11) is 1.78. The monoisotopic (exact) mass is 206 g/mol. The lowest BCUT2D eigenvalue weighted by Crippen LogP contribution is -2.17. The van der Waals surface area contributed by atoms with Gasteiger partial charge in [0.25, 0.3) is 0 Å². The van der Waals surface area contributed by atoms with Crippen LogP contribution < -0.4 is 0 Å². The van der Waals surface area contributed by atoms with Gasteiger partial charge in [-0.05, 0) is 30.9 Å². The predicted octanol–water partition coefficient (Wildman–Crippen LogP) is 3.25. The van der Waals surface area contributed by atoms with Gasteiger partial charge < -0.3 is 9.47 Å². The highest BCUT2D eigenvalue weighted by Crippen LogP contribution is 2.39. The first-order valence-electron chi connectivity index (χ1n) is 5.60. The first kappa shape index (κ1) is 10.7. The van der Waals surface area contributed by atoms with Crippen molar-refractivity contribution in [1.82, 2.24) is 0 Å². The second-order valence-electron chi connectivity index (χ2n) is 3.87. The minimum Gasteiger partial charge on any atom is -0.377 e. The van der Waals surface area contributed by atoms with E-state index in [9.17, 15) is 0 Å². The van der Waals surface area contributed by atoms with Crippen molar-refractivity contribution in [2.75, 3.05) is 13.7 Å². The molecule has 15 heavy (non-hydrogen) atoms. The lowest BCUT2D eigenvalue weighted by atomic mass is 9.87. The zero-order valence-electron chi connectivity index (χ0n) is 9.40. The Bertz CT molecular complexity index is 322. The van der Waals surface area contributed by atoms with E-state index in [-0.39, 0.29) is 12.2 Å². The Morgan fingerprint density at radius 2 is 1.73 bits per heavy atom. The lowest BCUT2D eigenvalue weighted by molar-refractivity contribution is 0.0139. The van der Waals surface area contributed by atoms with Gasteiger partial charge in [0.05, 0.1) is 12.2 Å². The minimum atomic E-state index is 0.248. The summed E-state index contributed by atoms with van der Waals surface area (Å²) in [5, 5.41) is 0. The zero-order chi connectivity index (χ0) is 10.7. The average molecular weight is 206 g/mol. The number of fused-ring (bicyclic) bond motifs is 1. The molecule has 0 bridgehead atoms. The SMILES string of the molecule is CCOC1CCC(OC)c2ccccc21. The van der Waals surface area contributed by atoms with Gasteiger partial charge >= 0.3 is 0 Å². The topological polar surface area (TPSA) is 18.5 Å². The van der Waals surface area contributed by atoms with Crippen LogP contribution in [0.25, 0.3) is 0 Å². The third-order valence-electron chi connectivity index (χ3n) is 3.03. The summed E-state index contributed by atoms with van der Waals surface area (Å²) in [4.78, 5) is 0. The molecule has 0 aromatic heterocycles. The summed E-state index contributed by atoms with van der Waals surface area (Å²) >= 11 is 0. The quantitative estimate of drug-likeness (QED) is 0.755. The molecule has 2 heteroatoms.